The second-order valence-corrected chi connectivity index (χ2v) is 21.0. The molecule has 17 nitrogen and oxygen atoms in total. The van der Waals surface area contributed by atoms with Crippen molar-refractivity contribution in [2.45, 2.75) is 140 Å². The molecule has 0 radical (unpaired) electrons. The highest BCUT2D eigenvalue weighted by molar-refractivity contribution is 7.89. The monoisotopic (exact) mass is 927 g/mol. The standard InChI is InChI=1S/C47H69N5O12S/c1-11-37-47(8)41-29(4)38(48-19-21-52(41)45(55)64-47)27(2)24-46(7)42(63-44-39(53)35(51(9)10)23-28(3)61-44)30(5)40(31(6)43(54)62-37)58-25-33(26-59-46)50-60-22-20-49-65(56,57)36-18-14-16-32-15-12-13-17-34(32)36/h12-18,27-31,35,37,39-42,44,49,53H,11,19-26H2,1-10H3/b50-33+/t27-,28+,29+,30+,31-,35-,37-,39+,40+,41-,42-,44-,46-,47-/m1/s1. The van der Waals surface area contributed by atoms with Gasteiger partial charge in [-0.15, -0.1) is 0 Å². The molecule has 2 N–H and O–H groups in total. The Morgan fingerprint density at radius 3 is 2.51 bits per heavy atom. The molecule has 65 heavy (non-hydrogen) atoms. The highest BCUT2D eigenvalue weighted by Crippen LogP contribution is 2.45. The van der Waals surface area contributed by atoms with Crippen molar-refractivity contribution >= 4 is 44.3 Å². The quantitative estimate of drug-likeness (QED) is 0.188. The highest BCUT2D eigenvalue weighted by atomic mass is 32.2. The van der Waals surface area contributed by atoms with E-state index in [-0.39, 0.29) is 55.2 Å². The van der Waals surface area contributed by atoms with Gasteiger partial charge in [-0.1, -0.05) is 69.2 Å². The maximum Gasteiger partial charge on any atom is 0.410 e. The van der Waals surface area contributed by atoms with E-state index in [1.165, 1.54) is 0 Å². The van der Waals surface area contributed by atoms with Crippen LogP contribution in [-0.4, -0.2) is 160 Å². The molecular formula is C47H69N5O12S. The van der Waals surface area contributed by atoms with Crippen LogP contribution in [0, 0.1) is 23.7 Å². The SMILES string of the molecule is CC[C@H]1OC(=O)[C@H](C)[C@H]2OC/C(=N\OCCNS(=O)(=O)c3cccc4ccccc34)CO[C@](C)(C[C@@H](C)C3=NCCN4C(=O)O[C@@]1(C)[C@H]4[C@H]3C)[C@H](O[C@H]1O[C@@H](C)C[C@@H](N(C)C)[C@@H]1O)[C@H]2C. The third-order valence-corrected chi connectivity index (χ3v) is 15.8. The van der Waals surface area contributed by atoms with Gasteiger partial charge < -0.3 is 43.3 Å². The molecule has 0 spiro atoms. The Labute approximate surface area is 383 Å². The first-order chi connectivity index (χ1) is 30.8. The Balaban J connectivity index is 1.23. The lowest BCUT2D eigenvalue weighted by Crippen LogP contribution is -2.60. The number of fused-ring (bicyclic) bond motifs is 5. The number of aliphatic imine (C=N–C) groups is 1. The summed E-state index contributed by atoms with van der Waals surface area (Å²) in [6.07, 6.45) is -3.91. The molecule has 4 bridgehead atoms. The van der Waals surface area contributed by atoms with Crippen LogP contribution in [0.5, 0.6) is 0 Å². The molecular weight excluding hydrogens is 859 g/mol. The Morgan fingerprint density at radius 1 is 1.03 bits per heavy atom. The molecule has 5 heterocycles. The number of ether oxygens (including phenoxy) is 6. The van der Waals surface area contributed by atoms with Gasteiger partial charge in [0.05, 0.1) is 60.5 Å². The number of esters is 1. The van der Waals surface area contributed by atoms with Crippen LogP contribution in [0.4, 0.5) is 4.79 Å². The van der Waals surface area contributed by atoms with Crippen molar-refractivity contribution in [3.63, 3.8) is 0 Å². The second-order valence-electron chi connectivity index (χ2n) is 19.2. The normalized spacial score (nSPS) is 38.0. The number of nitrogens with one attached hydrogen (secondary N) is 1. The molecule has 18 heteroatoms. The van der Waals surface area contributed by atoms with Crippen molar-refractivity contribution < 1.29 is 56.4 Å². The largest absolute Gasteiger partial charge is 0.458 e. The van der Waals surface area contributed by atoms with Gasteiger partial charge in [-0.3, -0.25) is 14.7 Å². The Kier molecular flexibility index (Phi) is 15.0. The fourth-order valence-electron chi connectivity index (χ4n) is 11.1. The Morgan fingerprint density at radius 2 is 1.77 bits per heavy atom. The average Bonchev–Trinajstić information content (AvgIpc) is 3.41. The highest BCUT2D eigenvalue weighted by Gasteiger charge is 2.60. The summed E-state index contributed by atoms with van der Waals surface area (Å²) in [7, 11) is -0.0568. The van der Waals surface area contributed by atoms with Crippen LogP contribution in [0.15, 0.2) is 57.5 Å². The van der Waals surface area contributed by atoms with Crippen LogP contribution in [0.2, 0.25) is 0 Å². The van der Waals surface area contributed by atoms with Gasteiger partial charge in [0.15, 0.2) is 11.9 Å². The number of amides is 1. The minimum atomic E-state index is -3.89. The molecule has 0 unspecified atom stereocenters. The summed E-state index contributed by atoms with van der Waals surface area (Å²) in [5.41, 5.74) is -1.12. The summed E-state index contributed by atoms with van der Waals surface area (Å²) in [5, 5.41) is 17.6. The summed E-state index contributed by atoms with van der Waals surface area (Å²) in [5.74, 6) is -2.53. The number of sulfonamides is 1. The maximum atomic E-state index is 14.6. The minimum absolute atomic E-state index is 0.0701. The van der Waals surface area contributed by atoms with Gasteiger partial charge in [0.1, 0.15) is 24.5 Å². The lowest BCUT2D eigenvalue weighted by Gasteiger charge is -2.48. The number of cyclic esters (lactones) is 1. The third-order valence-electron chi connectivity index (χ3n) is 14.3. The molecule has 7 rings (SSSR count). The van der Waals surface area contributed by atoms with Gasteiger partial charge in [-0.25, -0.2) is 17.9 Å². The average molecular weight is 928 g/mol. The van der Waals surface area contributed by atoms with Crippen molar-refractivity contribution in [3.8, 4) is 0 Å². The van der Waals surface area contributed by atoms with E-state index < -0.39 is 81.9 Å². The van der Waals surface area contributed by atoms with Gasteiger partial charge in [-0.05, 0) is 78.4 Å². The van der Waals surface area contributed by atoms with Gasteiger partial charge in [0.2, 0.25) is 10.0 Å². The number of carbonyl (C=O) groups is 2. The maximum absolute atomic E-state index is 14.6. The number of aliphatic hydroxyl groups is 1. The number of carbonyl (C=O) groups excluding carboxylic acids is 2. The first-order valence-corrected chi connectivity index (χ1v) is 24.6. The van der Waals surface area contributed by atoms with Crippen molar-refractivity contribution in [3.05, 3.63) is 42.5 Å². The van der Waals surface area contributed by atoms with E-state index in [1.807, 2.05) is 78.7 Å². The second kappa shape index (κ2) is 19.8. The molecule has 1 amide bonds. The fraction of sp³-hybridized carbons (Fsp3) is 0.702. The zero-order valence-corrected chi connectivity index (χ0v) is 40.3. The Bertz CT molecular complexity index is 2200. The molecule has 2 aromatic carbocycles. The van der Waals surface area contributed by atoms with Gasteiger partial charge in [0, 0.05) is 42.1 Å². The van der Waals surface area contributed by atoms with E-state index in [0.717, 1.165) is 11.1 Å². The number of oxime groups is 1. The number of rotatable bonds is 10. The molecule has 0 aromatic heterocycles. The summed E-state index contributed by atoms with van der Waals surface area (Å²) in [6.45, 7) is 15.9. The van der Waals surface area contributed by atoms with E-state index >= 15 is 0 Å². The van der Waals surface area contributed by atoms with E-state index in [9.17, 15) is 23.1 Å². The first kappa shape index (κ1) is 49.2. The van der Waals surface area contributed by atoms with Crippen LogP contribution in [-0.2, 0) is 48.1 Å². The summed E-state index contributed by atoms with van der Waals surface area (Å²) >= 11 is 0. The molecule has 14 atom stereocenters. The topological polar surface area (TPSA) is 196 Å². The summed E-state index contributed by atoms with van der Waals surface area (Å²) in [4.78, 5) is 42.9. The van der Waals surface area contributed by atoms with Crippen molar-refractivity contribution in [2.24, 2.45) is 33.8 Å². The van der Waals surface area contributed by atoms with Crippen molar-refractivity contribution in [2.75, 3.05) is 53.6 Å². The van der Waals surface area contributed by atoms with Crippen LogP contribution >= 0.6 is 0 Å². The molecule has 4 fully saturated rings. The predicted molar refractivity (Wildman–Crippen MR) is 243 cm³/mol. The third kappa shape index (κ3) is 9.96. The number of hydrogen-bond donors (Lipinski definition) is 2. The lowest BCUT2D eigenvalue weighted by molar-refractivity contribution is -0.302. The molecule has 2 aromatic rings. The number of hydrogen-bond acceptors (Lipinski definition) is 15. The van der Waals surface area contributed by atoms with E-state index in [4.69, 9.17) is 38.3 Å². The van der Waals surface area contributed by atoms with Crippen LogP contribution in [0.1, 0.15) is 74.7 Å². The van der Waals surface area contributed by atoms with Crippen LogP contribution in [0.25, 0.3) is 10.8 Å². The number of likely N-dealkylation sites (N-methyl/N-ethyl adjacent to an activating group) is 1. The number of aliphatic hydroxyl groups excluding tert-OH is 1. The lowest BCUT2D eigenvalue weighted by atomic mass is 9.72. The zero-order valence-electron chi connectivity index (χ0n) is 39.5. The fourth-order valence-corrected chi connectivity index (χ4v) is 12.3. The van der Waals surface area contributed by atoms with Crippen molar-refractivity contribution in [1.29, 1.82) is 0 Å². The van der Waals surface area contributed by atoms with Gasteiger partial charge >= 0.3 is 12.1 Å². The molecule has 360 valence electrons. The molecule has 0 saturated carbocycles. The van der Waals surface area contributed by atoms with E-state index in [2.05, 4.69) is 16.8 Å². The van der Waals surface area contributed by atoms with E-state index in [1.54, 1.807) is 36.1 Å². The smallest absolute Gasteiger partial charge is 0.410 e. The zero-order chi connectivity index (χ0) is 47.0. The van der Waals surface area contributed by atoms with Gasteiger partial charge in [-0.2, -0.15) is 0 Å². The van der Waals surface area contributed by atoms with Crippen LogP contribution < -0.4 is 4.72 Å². The summed E-state index contributed by atoms with van der Waals surface area (Å²) < 4.78 is 69.1. The minimum Gasteiger partial charge on any atom is -0.458 e. The predicted octanol–water partition coefficient (Wildman–Crippen LogP) is 4.78. The summed E-state index contributed by atoms with van der Waals surface area (Å²) in [6, 6.07) is 11.7. The first-order valence-electron chi connectivity index (χ1n) is 23.1. The van der Waals surface area contributed by atoms with Gasteiger partial charge in [0.25, 0.3) is 0 Å². The van der Waals surface area contributed by atoms with Crippen LogP contribution in [0.3, 0.4) is 0 Å². The number of nitrogens with zero attached hydrogens (tertiary/aromatic N) is 4. The van der Waals surface area contributed by atoms with E-state index in [0.29, 0.717) is 43.4 Å². The molecule has 4 saturated heterocycles. The number of benzene rings is 2. The molecule has 0 aliphatic carbocycles. The van der Waals surface area contributed by atoms with Crippen molar-refractivity contribution in [1.82, 2.24) is 14.5 Å². The molecule has 5 aliphatic heterocycles. The Hall–Kier alpha value is -3.75. The molecule has 5 aliphatic rings.